The summed E-state index contributed by atoms with van der Waals surface area (Å²) in [7, 11) is 1.69. The lowest BCUT2D eigenvalue weighted by atomic mass is 9.87. The van der Waals surface area contributed by atoms with Crippen molar-refractivity contribution in [3.8, 4) is 0 Å². The minimum atomic E-state index is 0.895. The van der Waals surface area contributed by atoms with Crippen molar-refractivity contribution in [1.29, 1.82) is 0 Å². The van der Waals surface area contributed by atoms with Gasteiger partial charge in [-0.05, 0) is 54.5 Å². The van der Waals surface area contributed by atoms with Crippen LogP contribution in [0.3, 0.4) is 0 Å². The van der Waals surface area contributed by atoms with E-state index in [2.05, 4.69) is 13.0 Å². The average Bonchev–Trinajstić information content (AvgIpc) is 2.19. The smallest absolute Gasteiger partial charge is 0.0862 e. The van der Waals surface area contributed by atoms with Gasteiger partial charge in [0.05, 0.1) is 13.4 Å². The van der Waals surface area contributed by atoms with E-state index in [4.69, 9.17) is 16.3 Å². The molecule has 0 unspecified atom stereocenters. The van der Waals surface area contributed by atoms with Gasteiger partial charge in [-0.25, -0.2) is 0 Å². The van der Waals surface area contributed by atoms with Crippen LogP contribution in [0.4, 0.5) is 0 Å². The highest BCUT2D eigenvalue weighted by Crippen LogP contribution is 2.35. The SMILES string of the molecule is CO/C=C1\CCCc2c(Cl)cc(C)cc21. The van der Waals surface area contributed by atoms with Gasteiger partial charge in [-0.3, -0.25) is 0 Å². The van der Waals surface area contributed by atoms with Crippen LogP contribution in [0, 0.1) is 6.92 Å². The summed E-state index contributed by atoms with van der Waals surface area (Å²) in [5.74, 6) is 0. The van der Waals surface area contributed by atoms with Crippen LogP contribution in [0.1, 0.15) is 29.5 Å². The highest BCUT2D eigenvalue weighted by molar-refractivity contribution is 6.31. The summed E-state index contributed by atoms with van der Waals surface area (Å²) in [6, 6.07) is 4.24. The van der Waals surface area contributed by atoms with Crippen LogP contribution in [-0.2, 0) is 11.2 Å². The van der Waals surface area contributed by atoms with Gasteiger partial charge >= 0.3 is 0 Å². The van der Waals surface area contributed by atoms with Crippen molar-refractivity contribution < 1.29 is 4.74 Å². The zero-order chi connectivity index (χ0) is 10.8. The van der Waals surface area contributed by atoms with Crippen LogP contribution < -0.4 is 0 Å². The van der Waals surface area contributed by atoms with E-state index in [-0.39, 0.29) is 0 Å². The lowest BCUT2D eigenvalue weighted by molar-refractivity contribution is 0.338. The Morgan fingerprint density at radius 3 is 2.87 bits per heavy atom. The minimum Gasteiger partial charge on any atom is -0.504 e. The molecule has 0 bridgehead atoms. The second-order valence-electron chi connectivity index (χ2n) is 4.01. The van der Waals surface area contributed by atoms with Crippen LogP contribution in [0.25, 0.3) is 5.57 Å². The first-order chi connectivity index (χ1) is 7.22. The van der Waals surface area contributed by atoms with E-state index in [1.54, 1.807) is 7.11 Å². The van der Waals surface area contributed by atoms with Crippen LogP contribution in [-0.4, -0.2) is 7.11 Å². The molecule has 0 aliphatic heterocycles. The Hall–Kier alpha value is -0.950. The number of aryl methyl sites for hydroxylation is 1. The van der Waals surface area contributed by atoms with Gasteiger partial charge in [0.1, 0.15) is 0 Å². The molecule has 0 aromatic heterocycles. The van der Waals surface area contributed by atoms with Gasteiger partial charge in [-0.2, -0.15) is 0 Å². The largest absolute Gasteiger partial charge is 0.504 e. The fraction of sp³-hybridized carbons (Fsp3) is 0.385. The van der Waals surface area contributed by atoms with Crippen LogP contribution in [0.2, 0.25) is 5.02 Å². The Kier molecular flexibility index (Phi) is 3.01. The maximum Gasteiger partial charge on any atom is 0.0862 e. The van der Waals surface area contributed by atoms with Gasteiger partial charge in [0.25, 0.3) is 0 Å². The maximum atomic E-state index is 6.24. The number of benzene rings is 1. The molecule has 0 atom stereocenters. The van der Waals surface area contributed by atoms with Crippen LogP contribution in [0.5, 0.6) is 0 Å². The molecule has 0 heterocycles. The van der Waals surface area contributed by atoms with Crippen molar-refractivity contribution in [3.05, 3.63) is 40.1 Å². The highest BCUT2D eigenvalue weighted by Gasteiger charge is 2.17. The Morgan fingerprint density at radius 1 is 1.33 bits per heavy atom. The van der Waals surface area contributed by atoms with Crippen molar-refractivity contribution >= 4 is 17.2 Å². The van der Waals surface area contributed by atoms with Crippen molar-refractivity contribution in [3.63, 3.8) is 0 Å². The Bertz CT molecular complexity index is 407. The topological polar surface area (TPSA) is 9.23 Å². The summed E-state index contributed by atoms with van der Waals surface area (Å²) in [6.07, 6.45) is 5.16. The van der Waals surface area contributed by atoms with Gasteiger partial charge in [0.15, 0.2) is 0 Å². The molecule has 0 amide bonds. The highest BCUT2D eigenvalue weighted by atomic mass is 35.5. The molecule has 2 rings (SSSR count). The van der Waals surface area contributed by atoms with E-state index in [0.717, 1.165) is 24.3 Å². The number of methoxy groups -OCH3 is 1. The van der Waals surface area contributed by atoms with Crippen molar-refractivity contribution in [2.45, 2.75) is 26.2 Å². The number of hydrogen-bond donors (Lipinski definition) is 0. The predicted molar refractivity (Wildman–Crippen MR) is 64.1 cm³/mol. The number of hydrogen-bond acceptors (Lipinski definition) is 1. The van der Waals surface area contributed by atoms with Gasteiger partial charge in [0.2, 0.25) is 0 Å². The molecule has 80 valence electrons. The zero-order valence-corrected chi connectivity index (χ0v) is 9.90. The van der Waals surface area contributed by atoms with Crippen molar-refractivity contribution in [1.82, 2.24) is 0 Å². The third-order valence-electron chi connectivity index (χ3n) is 2.82. The van der Waals surface area contributed by atoms with Gasteiger partial charge in [-0.15, -0.1) is 0 Å². The van der Waals surface area contributed by atoms with E-state index in [9.17, 15) is 0 Å². The number of fused-ring (bicyclic) bond motifs is 1. The van der Waals surface area contributed by atoms with E-state index < -0.39 is 0 Å². The first kappa shape index (κ1) is 10.6. The molecule has 1 aliphatic rings. The second-order valence-corrected chi connectivity index (χ2v) is 4.41. The summed E-state index contributed by atoms with van der Waals surface area (Å²) >= 11 is 6.24. The van der Waals surface area contributed by atoms with Crippen LogP contribution >= 0.6 is 11.6 Å². The molecule has 15 heavy (non-hydrogen) atoms. The Labute approximate surface area is 95.7 Å². The molecule has 1 aromatic rings. The van der Waals surface area contributed by atoms with E-state index in [1.807, 2.05) is 12.3 Å². The summed E-state index contributed by atoms with van der Waals surface area (Å²) in [6.45, 7) is 2.07. The van der Waals surface area contributed by atoms with Crippen LogP contribution in [0.15, 0.2) is 18.4 Å². The molecule has 1 aliphatic carbocycles. The van der Waals surface area contributed by atoms with Crippen molar-refractivity contribution in [2.24, 2.45) is 0 Å². The van der Waals surface area contributed by atoms with Gasteiger partial charge < -0.3 is 4.74 Å². The normalized spacial score (nSPS) is 17.7. The first-order valence-electron chi connectivity index (χ1n) is 5.23. The number of rotatable bonds is 1. The monoisotopic (exact) mass is 222 g/mol. The van der Waals surface area contributed by atoms with E-state index in [1.165, 1.54) is 22.3 Å². The third kappa shape index (κ3) is 2.03. The standard InChI is InChI=1S/C13H15ClO/c1-9-6-12-10(8-15-2)4-3-5-11(12)13(14)7-9/h6-8H,3-5H2,1-2H3/b10-8+. The van der Waals surface area contributed by atoms with E-state index in [0.29, 0.717) is 0 Å². The molecular weight excluding hydrogens is 208 g/mol. The molecule has 2 heteroatoms. The summed E-state index contributed by atoms with van der Waals surface area (Å²) in [4.78, 5) is 0. The average molecular weight is 223 g/mol. The molecule has 0 saturated heterocycles. The summed E-state index contributed by atoms with van der Waals surface area (Å²) in [5, 5.41) is 0.895. The molecule has 0 fully saturated rings. The molecule has 0 spiro atoms. The van der Waals surface area contributed by atoms with Crippen molar-refractivity contribution in [2.75, 3.05) is 7.11 Å². The molecule has 0 radical (unpaired) electrons. The van der Waals surface area contributed by atoms with E-state index >= 15 is 0 Å². The molecule has 1 nitrogen and oxygen atoms in total. The van der Waals surface area contributed by atoms with Gasteiger partial charge in [0, 0.05) is 5.02 Å². The zero-order valence-electron chi connectivity index (χ0n) is 9.14. The number of halogens is 1. The fourth-order valence-electron chi connectivity index (χ4n) is 2.17. The molecule has 0 saturated carbocycles. The molecular formula is C13H15ClO. The quantitative estimate of drug-likeness (QED) is 0.654. The molecule has 1 aromatic carbocycles. The lowest BCUT2D eigenvalue weighted by Crippen LogP contribution is -2.03. The summed E-state index contributed by atoms with van der Waals surface area (Å²) in [5.41, 5.74) is 5.02. The lowest BCUT2D eigenvalue weighted by Gasteiger charge is -2.20. The minimum absolute atomic E-state index is 0.895. The Morgan fingerprint density at radius 2 is 2.13 bits per heavy atom. The second kappa shape index (κ2) is 4.28. The predicted octanol–water partition coefficient (Wildman–Crippen LogP) is 3.97. The summed E-state index contributed by atoms with van der Waals surface area (Å²) < 4.78 is 5.11. The first-order valence-corrected chi connectivity index (χ1v) is 5.61. The fourth-order valence-corrected chi connectivity index (χ4v) is 2.54. The Balaban J connectivity index is 2.55. The number of allylic oxidation sites excluding steroid dienone is 1. The third-order valence-corrected chi connectivity index (χ3v) is 3.16. The maximum absolute atomic E-state index is 6.24. The molecule has 0 N–H and O–H groups in total. The van der Waals surface area contributed by atoms with Gasteiger partial charge in [-0.1, -0.05) is 17.7 Å². The number of ether oxygens (including phenoxy) is 1.